The van der Waals surface area contributed by atoms with Crippen LogP contribution >= 0.6 is 0 Å². The van der Waals surface area contributed by atoms with E-state index in [1.165, 1.54) is 6.07 Å². The van der Waals surface area contributed by atoms with E-state index in [-0.39, 0.29) is 29.8 Å². The molecule has 0 unspecified atom stereocenters. The standard InChI is InChI=1S/C21H23FN4O2/c1-3-4-12-25(2)21(28)18-17-11-7-8-13-26(17)19(24-18)20(27)23-14-15-9-5-6-10-16(15)22/h5-11,13H,3-4,12,14H2,1-2H3,(H,23,27). The van der Waals surface area contributed by atoms with Crippen molar-refractivity contribution in [3.05, 3.63) is 71.6 Å². The second-order valence-electron chi connectivity index (χ2n) is 6.59. The first kappa shape index (κ1) is 19.5. The number of pyridine rings is 1. The molecule has 6 nitrogen and oxygen atoms in total. The molecule has 0 spiro atoms. The molecule has 0 saturated heterocycles. The summed E-state index contributed by atoms with van der Waals surface area (Å²) in [7, 11) is 1.73. The molecule has 0 aliphatic rings. The number of halogens is 1. The van der Waals surface area contributed by atoms with Gasteiger partial charge in [0, 0.05) is 31.9 Å². The summed E-state index contributed by atoms with van der Waals surface area (Å²) < 4.78 is 15.4. The quantitative estimate of drug-likeness (QED) is 0.682. The number of unbranched alkanes of at least 4 members (excludes halogenated alkanes) is 1. The second-order valence-corrected chi connectivity index (χ2v) is 6.59. The van der Waals surface area contributed by atoms with Crippen LogP contribution in [0.3, 0.4) is 0 Å². The zero-order valence-corrected chi connectivity index (χ0v) is 16.0. The maximum Gasteiger partial charge on any atom is 0.287 e. The highest BCUT2D eigenvalue weighted by Crippen LogP contribution is 2.16. The van der Waals surface area contributed by atoms with E-state index >= 15 is 0 Å². The van der Waals surface area contributed by atoms with Crippen molar-refractivity contribution < 1.29 is 14.0 Å². The molecule has 3 aromatic rings. The normalized spacial score (nSPS) is 10.8. The third kappa shape index (κ3) is 4.03. The summed E-state index contributed by atoms with van der Waals surface area (Å²) in [6.07, 6.45) is 3.55. The van der Waals surface area contributed by atoms with Crippen molar-refractivity contribution in [1.82, 2.24) is 19.6 Å². The van der Waals surface area contributed by atoms with Crippen molar-refractivity contribution in [1.29, 1.82) is 0 Å². The van der Waals surface area contributed by atoms with E-state index in [0.29, 0.717) is 17.6 Å². The van der Waals surface area contributed by atoms with Gasteiger partial charge in [-0.05, 0) is 24.6 Å². The van der Waals surface area contributed by atoms with Crippen LogP contribution in [0.2, 0.25) is 0 Å². The number of nitrogens with zero attached hydrogens (tertiary/aromatic N) is 3. The van der Waals surface area contributed by atoms with E-state index in [2.05, 4.69) is 17.2 Å². The van der Waals surface area contributed by atoms with Gasteiger partial charge in [0.15, 0.2) is 5.69 Å². The summed E-state index contributed by atoms with van der Waals surface area (Å²) in [5.74, 6) is -0.992. The van der Waals surface area contributed by atoms with Gasteiger partial charge in [0.1, 0.15) is 5.82 Å². The summed E-state index contributed by atoms with van der Waals surface area (Å²) in [5.41, 5.74) is 1.18. The van der Waals surface area contributed by atoms with Crippen LogP contribution in [0.15, 0.2) is 48.7 Å². The molecule has 0 atom stereocenters. The molecule has 7 heteroatoms. The van der Waals surface area contributed by atoms with E-state index in [9.17, 15) is 14.0 Å². The summed E-state index contributed by atoms with van der Waals surface area (Å²) in [5, 5.41) is 2.68. The Bertz CT molecular complexity index is 999. The smallest absolute Gasteiger partial charge is 0.287 e. The third-order valence-electron chi connectivity index (χ3n) is 4.55. The molecule has 2 amide bonds. The fraction of sp³-hybridized carbons (Fsp3) is 0.286. The Morgan fingerprint density at radius 1 is 1.18 bits per heavy atom. The number of carbonyl (C=O) groups excluding carboxylic acids is 2. The lowest BCUT2D eigenvalue weighted by atomic mass is 10.2. The lowest BCUT2D eigenvalue weighted by molar-refractivity contribution is 0.0790. The van der Waals surface area contributed by atoms with Crippen LogP contribution in [-0.4, -0.2) is 39.7 Å². The number of fused-ring (bicyclic) bond motifs is 1. The molecular weight excluding hydrogens is 359 g/mol. The van der Waals surface area contributed by atoms with Gasteiger partial charge >= 0.3 is 0 Å². The SMILES string of the molecule is CCCCN(C)C(=O)c1nc(C(=O)NCc2ccccc2F)n2ccccc12. The Morgan fingerprint density at radius 2 is 1.93 bits per heavy atom. The maximum atomic E-state index is 13.8. The number of hydrogen-bond acceptors (Lipinski definition) is 3. The first-order chi connectivity index (χ1) is 13.5. The van der Waals surface area contributed by atoms with Gasteiger partial charge < -0.3 is 10.2 Å². The molecule has 0 aliphatic carbocycles. The molecule has 2 heterocycles. The largest absolute Gasteiger partial charge is 0.345 e. The first-order valence-electron chi connectivity index (χ1n) is 9.27. The van der Waals surface area contributed by atoms with Gasteiger partial charge in [0.25, 0.3) is 11.8 Å². The molecule has 0 aliphatic heterocycles. The van der Waals surface area contributed by atoms with Crippen molar-refractivity contribution in [2.24, 2.45) is 0 Å². The van der Waals surface area contributed by atoms with Gasteiger partial charge in [0.2, 0.25) is 5.82 Å². The van der Waals surface area contributed by atoms with Gasteiger partial charge in [-0.1, -0.05) is 37.6 Å². The number of hydrogen-bond donors (Lipinski definition) is 1. The minimum absolute atomic E-state index is 0.0347. The monoisotopic (exact) mass is 382 g/mol. The van der Waals surface area contributed by atoms with Crippen LogP contribution in [0.5, 0.6) is 0 Å². The molecule has 0 fully saturated rings. The summed E-state index contributed by atoms with van der Waals surface area (Å²) >= 11 is 0. The average molecular weight is 382 g/mol. The highest BCUT2D eigenvalue weighted by molar-refractivity contribution is 6.02. The number of amides is 2. The fourth-order valence-corrected chi connectivity index (χ4v) is 2.93. The van der Waals surface area contributed by atoms with Gasteiger partial charge in [0.05, 0.1) is 5.52 Å². The molecule has 1 N–H and O–H groups in total. The highest BCUT2D eigenvalue weighted by atomic mass is 19.1. The van der Waals surface area contributed by atoms with Crippen LogP contribution in [0, 0.1) is 5.82 Å². The highest BCUT2D eigenvalue weighted by Gasteiger charge is 2.23. The number of carbonyl (C=O) groups is 2. The third-order valence-corrected chi connectivity index (χ3v) is 4.55. The number of nitrogens with one attached hydrogen (secondary N) is 1. The lowest BCUT2D eigenvalue weighted by Gasteiger charge is -2.15. The van der Waals surface area contributed by atoms with Crippen molar-refractivity contribution in [2.45, 2.75) is 26.3 Å². The predicted molar refractivity (Wildman–Crippen MR) is 105 cm³/mol. The summed E-state index contributed by atoms with van der Waals surface area (Å²) in [6, 6.07) is 11.6. The van der Waals surface area contributed by atoms with Crippen molar-refractivity contribution in [3.63, 3.8) is 0 Å². The minimum atomic E-state index is -0.472. The Hall–Kier alpha value is -3.22. The molecule has 3 rings (SSSR count). The van der Waals surface area contributed by atoms with E-state index < -0.39 is 5.91 Å². The Balaban J connectivity index is 1.86. The lowest BCUT2D eigenvalue weighted by Crippen LogP contribution is -2.28. The van der Waals surface area contributed by atoms with E-state index in [1.54, 1.807) is 58.9 Å². The van der Waals surface area contributed by atoms with E-state index in [1.807, 2.05) is 0 Å². The second kappa shape index (κ2) is 8.65. The topological polar surface area (TPSA) is 66.7 Å². The van der Waals surface area contributed by atoms with Gasteiger partial charge in [-0.25, -0.2) is 9.37 Å². The summed E-state index contributed by atoms with van der Waals surface area (Å²) in [6.45, 7) is 2.71. The molecular formula is C21H23FN4O2. The zero-order valence-electron chi connectivity index (χ0n) is 16.0. The van der Waals surface area contributed by atoms with Gasteiger partial charge in [-0.2, -0.15) is 0 Å². The predicted octanol–water partition coefficient (Wildman–Crippen LogP) is 3.28. The van der Waals surface area contributed by atoms with Crippen LogP contribution in [-0.2, 0) is 6.54 Å². The number of imidazole rings is 1. The van der Waals surface area contributed by atoms with Gasteiger partial charge in [-0.15, -0.1) is 0 Å². The van der Waals surface area contributed by atoms with Gasteiger partial charge in [-0.3, -0.25) is 14.0 Å². The Kier molecular flexibility index (Phi) is 6.03. The van der Waals surface area contributed by atoms with Crippen molar-refractivity contribution in [3.8, 4) is 0 Å². The maximum absolute atomic E-state index is 13.8. The van der Waals surface area contributed by atoms with Crippen LogP contribution in [0.25, 0.3) is 5.52 Å². The zero-order chi connectivity index (χ0) is 20.1. The number of rotatable bonds is 7. The van der Waals surface area contributed by atoms with Crippen molar-refractivity contribution in [2.75, 3.05) is 13.6 Å². The number of aromatic nitrogens is 2. The Morgan fingerprint density at radius 3 is 2.68 bits per heavy atom. The van der Waals surface area contributed by atoms with Crippen LogP contribution < -0.4 is 5.32 Å². The molecule has 2 aromatic heterocycles. The molecule has 0 saturated carbocycles. The van der Waals surface area contributed by atoms with E-state index in [0.717, 1.165) is 12.8 Å². The first-order valence-corrected chi connectivity index (χ1v) is 9.27. The molecule has 146 valence electrons. The van der Waals surface area contributed by atoms with Crippen LogP contribution in [0.1, 0.15) is 46.4 Å². The Labute approximate surface area is 163 Å². The summed E-state index contributed by atoms with van der Waals surface area (Å²) in [4.78, 5) is 31.4. The van der Waals surface area contributed by atoms with E-state index in [4.69, 9.17) is 0 Å². The molecule has 0 bridgehead atoms. The average Bonchev–Trinajstić information content (AvgIpc) is 3.10. The van der Waals surface area contributed by atoms with Crippen molar-refractivity contribution >= 4 is 17.3 Å². The molecule has 28 heavy (non-hydrogen) atoms. The molecule has 0 radical (unpaired) electrons. The fourth-order valence-electron chi connectivity index (χ4n) is 2.93. The minimum Gasteiger partial charge on any atom is -0.345 e. The molecule has 1 aromatic carbocycles. The van der Waals surface area contributed by atoms with Crippen LogP contribution in [0.4, 0.5) is 4.39 Å². The number of benzene rings is 1.